The molecule has 0 saturated heterocycles. The number of rotatable bonds is 3. The number of hydrogen-bond donors (Lipinski definition) is 1. The minimum absolute atomic E-state index is 0.799. The summed E-state index contributed by atoms with van der Waals surface area (Å²) in [6.45, 7) is 2.19. The molecular weight excluding hydrogens is 350 g/mol. The summed E-state index contributed by atoms with van der Waals surface area (Å²) < 4.78 is 1.15. The fraction of sp³-hybridized carbons (Fsp3) is 0.0435. The van der Waals surface area contributed by atoms with Crippen molar-refractivity contribution in [2.75, 3.05) is 5.43 Å². The smallest absolute Gasteiger partial charge is 0.204 e. The van der Waals surface area contributed by atoms with E-state index in [4.69, 9.17) is 0 Å². The van der Waals surface area contributed by atoms with E-state index in [0.29, 0.717) is 0 Å². The van der Waals surface area contributed by atoms with Gasteiger partial charge in [-0.2, -0.15) is 5.10 Å². The summed E-state index contributed by atoms with van der Waals surface area (Å²) in [5.74, 6) is 0. The number of hydrogen-bond acceptors (Lipinski definition) is 4. The molecule has 3 nitrogen and oxygen atoms in total. The van der Waals surface area contributed by atoms with Crippen LogP contribution in [0.1, 0.15) is 11.1 Å². The van der Waals surface area contributed by atoms with Gasteiger partial charge in [0.05, 0.1) is 16.4 Å². The second kappa shape index (κ2) is 6.49. The van der Waals surface area contributed by atoms with Gasteiger partial charge in [-0.05, 0) is 46.2 Å². The first kappa shape index (κ1) is 16.0. The molecule has 0 aliphatic carbocycles. The van der Waals surface area contributed by atoms with Crippen LogP contribution in [0.2, 0.25) is 0 Å². The number of fused-ring (bicyclic) bond motifs is 3. The number of benzene rings is 4. The second-order valence-corrected chi connectivity index (χ2v) is 7.52. The van der Waals surface area contributed by atoms with Crippen molar-refractivity contribution in [3.05, 3.63) is 83.9 Å². The van der Waals surface area contributed by atoms with E-state index in [1.165, 1.54) is 27.1 Å². The van der Waals surface area contributed by atoms with Gasteiger partial charge < -0.3 is 0 Å². The summed E-state index contributed by atoms with van der Waals surface area (Å²) in [4.78, 5) is 4.58. The maximum absolute atomic E-state index is 4.58. The van der Waals surface area contributed by atoms with E-state index in [1.54, 1.807) is 11.3 Å². The summed E-state index contributed by atoms with van der Waals surface area (Å²) >= 11 is 1.61. The van der Waals surface area contributed by atoms with Crippen LogP contribution < -0.4 is 5.43 Å². The van der Waals surface area contributed by atoms with Crippen molar-refractivity contribution in [3.63, 3.8) is 0 Å². The van der Waals surface area contributed by atoms with Crippen molar-refractivity contribution in [1.29, 1.82) is 0 Å². The number of thiazole rings is 1. The number of para-hydroxylation sites is 1. The van der Waals surface area contributed by atoms with Crippen LogP contribution >= 0.6 is 11.3 Å². The molecule has 130 valence electrons. The molecule has 1 heterocycles. The molecule has 0 spiro atoms. The fourth-order valence-electron chi connectivity index (χ4n) is 3.59. The predicted molar refractivity (Wildman–Crippen MR) is 117 cm³/mol. The Balaban J connectivity index is 1.60. The van der Waals surface area contributed by atoms with Crippen molar-refractivity contribution < 1.29 is 0 Å². The van der Waals surface area contributed by atoms with Crippen LogP contribution in [0.4, 0.5) is 5.13 Å². The van der Waals surface area contributed by atoms with Gasteiger partial charge in [0, 0.05) is 5.56 Å². The molecule has 5 rings (SSSR count). The van der Waals surface area contributed by atoms with Crippen molar-refractivity contribution in [1.82, 2.24) is 4.98 Å². The highest BCUT2D eigenvalue weighted by molar-refractivity contribution is 7.22. The molecule has 0 aliphatic rings. The van der Waals surface area contributed by atoms with Crippen molar-refractivity contribution in [2.24, 2.45) is 5.10 Å². The summed E-state index contributed by atoms with van der Waals surface area (Å²) in [5.41, 5.74) is 6.52. The lowest BCUT2D eigenvalue weighted by atomic mass is 9.93. The monoisotopic (exact) mass is 367 g/mol. The van der Waals surface area contributed by atoms with Gasteiger partial charge >= 0.3 is 0 Å². The zero-order valence-electron chi connectivity index (χ0n) is 14.8. The normalized spacial score (nSPS) is 11.7. The molecule has 1 aromatic heterocycles. The standard InChI is InChI=1S/C23H17N3S/c1-15-16-8-2-4-10-18(16)20(19-11-5-3-9-17(15)19)14-24-26-23-25-21-12-6-7-13-22(21)27-23/h2-14H,1H3,(H,25,26). The van der Waals surface area contributed by atoms with Gasteiger partial charge in [0.25, 0.3) is 0 Å². The quantitative estimate of drug-likeness (QED) is 0.229. The third-order valence-corrected chi connectivity index (χ3v) is 5.83. The molecule has 0 radical (unpaired) electrons. The van der Waals surface area contributed by atoms with Crippen LogP contribution in [0.15, 0.2) is 77.9 Å². The molecule has 0 fully saturated rings. The summed E-state index contributed by atoms with van der Waals surface area (Å²) in [5, 5.41) is 10.3. The Bertz CT molecular complexity index is 1230. The van der Waals surface area contributed by atoms with E-state index in [1.807, 2.05) is 24.4 Å². The summed E-state index contributed by atoms with van der Waals surface area (Å²) in [6.07, 6.45) is 1.91. The highest BCUT2D eigenvalue weighted by Crippen LogP contribution is 2.31. The number of aromatic nitrogens is 1. The Morgan fingerprint density at radius 2 is 1.41 bits per heavy atom. The molecule has 4 aromatic carbocycles. The first-order valence-electron chi connectivity index (χ1n) is 8.86. The number of hydrazone groups is 1. The Morgan fingerprint density at radius 1 is 0.815 bits per heavy atom. The Kier molecular flexibility index (Phi) is 3.84. The van der Waals surface area contributed by atoms with E-state index in [0.717, 1.165) is 20.9 Å². The third-order valence-electron chi connectivity index (χ3n) is 4.89. The average Bonchev–Trinajstić information content (AvgIpc) is 3.13. The molecule has 27 heavy (non-hydrogen) atoms. The van der Waals surface area contributed by atoms with Gasteiger partial charge in [0.2, 0.25) is 5.13 Å². The number of aryl methyl sites for hydroxylation is 1. The molecule has 0 atom stereocenters. The van der Waals surface area contributed by atoms with E-state index < -0.39 is 0 Å². The first-order chi connectivity index (χ1) is 13.3. The zero-order valence-corrected chi connectivity index (χ0v) is 15.6. The SMILES string of the molecule is Cc1c2ccccc2c(C=NNc2nc3ccccc3s2)c2ccccc12. The van der Waals surface area contributed by atoms with Crippen molar-refractivity contribution in [2.45, 2.75) is 6.92 Å². The predicted octanol–water partition coefficient (Wildman–Crippen LogP) is 6.36. The molecule has 0 unspecified atom stereocenters. The molecule has 5 aromatic rings. The number of anilines is 1. The third kappa shape index (κ3) is 2.75. The van der Waals surface area contributed by atoms with Gasteiger partial charge in [0.15, 0.2) is 0 Å². The fourth-order valence-corrected chi connectivity index (χ4v) is 4.41. The summed E-state index contributed by atoms with van der Waals surface area (Å²) in [7, 11) is 0. The summed E-state index contributed by atoms with van der Waals surface area (Å²) in [6, 6.07) is 25.1. The first-order valence-corrected chi connectivity index (χ1v) is 9.67. The maximum atomic E-state index is 4.58. The van der Waals surface area contributed by atoms with Gasteiger partial charge in [-0.25, -0.2) is 4.98 Å². The largest absolute Gasteiger partial charge is 0.253 e. The van der Waals surface area contributed by atoms with E-state index >= 15 is 0 Å². The second-order valence-electron chi connectivity index (χ2n) is 6.49. The maximum Gasteiger partial charge on any atom is 0.204 e. The lowest BCUT2D eigenvalue weighted by Crippen LogP contribution is -1.94. The van der Waals surface area contributed by atoms with Crippen LogP contribution in [0.5, 0.6) is 0 Å². The molecule has 1 N–H and O–H groups in total. The molecule has 0 saturated carbocycles. The number of nitrogens with one attached hydrogen (secondary N) is 1. The minimum atomic E-state index is 0.799. The Morgan fingerprint density at radius 3 is 2.07 bits per heavy atom. The van der Waals surface area contributed by atoms with E-state index in [-0.39, 0.29) is 0 Å². The molecule has 0 amide bonds. The highest BCUT2D eigenvalue weighted by atomic mass is 32.1. The average molecular weight is 367 g/mol. The van der Waals surface area contributed by atoms with E-state index in [2.05, 4.69) is 77.0 Å². The van der Waals surface area contributed by atoms with Crippen LogP contribution in [0.25, 0.3) is 31.8 Å². The zero-order chi connectivity index (χ0) is 18.2. The van der Waals surface area contributed by atoms with Gasteiger partial charge in [0.1, 0.15) is 0 Å². The molecule has 0 bridgehead atoms. The lowest BCUT2D eigenvalue weighted by molar-refractivity contribution is 1.31. The van der Waals surface area contributed by atoms with Gasteiger partial charge in [-0.1, -0.05) is 72.0 Å². The van der Waals surface area contributed by atoms with Crippen LogP contribution in [0, 0.1) is 6.92 Å². The van der Waals surface area contributed by atoms with Crippen LogP contribution in [0.3, 0.4) is 0 Å². The topological polar surface area (TPSA) is 37.3 Å². The Labute approximate surface area is 161 Å². The van der Waals surface area contributed by atoms with Gasteiger partial charge in [-0.15, -0.1) is 0 Å². The van der Waals surface area contributed by atoms with E-state index in [9.17, 15) is 0 Å². The molecular formula is C23H17N3S. The molecule has 0 aliphatic heterocycles. The Hall–Kier alpha value is -3.24. The van der Waals surface area contributed by atoms with Crippen LogP contribution in [-0.2, 0) is 0 Å². The van der Waals surface area contributed by atoms with Crippen molar-refractivity contribution in [3.8, 4) is 0 Å². The van der Waals surface area contributed by atoms with Crippen LogP contribution in [-0.4, -0.2) is 11.2 Å². The number of nitrogens with zero attached hydrogens (tertiary/aromatic N) is 2. The highest BCUT2D eigenvalue weighted by Gasteiger charge is 2.09. The van der Waals surface area contributed by atoms with Crippen molar-refractivity contribution >= 4 is 54.4 Å². The lowest BCUT2D eigenvalue weighted by Gasteiger charge is -2.11. The minimum Gasteiger partial charge on any atom is -0.253 e. The van der Waals surface area contributed by atoms with Gasteiger partial charge in [-0.3, -0.25) is 5.43 Å². The molecule has 4 heteroatoms.